The average Bonchev–Trinajstić information content (AvgIpc) is 3.16. The van der Waals surface area contributed by atoms with E-state index in [2.05, 4.69) is 107 Å². The first kappa shape index (κ1) is 21.1. The molecule has 0 aromatic heterocycles. The molecule has 0 fully saturated rings. The van der Waals surface area contributed by atoms with Gasteiger partial charge >= 0.3 is 0 Å². The van der Waals surface area contributed by atoms with Gasteiger partial charge < -0.3 is 5.11 Å². The summed E-state index contributed by atoms with van der Waals surface area (Å²) < 4.78 is 1.07. The Kier molecular flexibility index (Phi) is 5.21. The third-order valence-electron chi connectivity index (χ3n) is 6.92. The summed E-state index contributed by atoms with van der Waals surface area (Å²) in [5.41, 5.74) is 7.48. The van der Waals surface area contributed by atoms with Gasteiger partial charge in [0, 0.05) is 21.5 Å². The van der Waals surface area contributed by atoms with Gasteiger partial charge in [-0.05, 0) is 45.5 Å². The standard InChI is InChI=1S/C32H23BrO/c33-26-20-16-24(17-21-26)31(22-8-2-1-3-9-22)23-14-18-25(19-15-23)32(34)29-12-6-4-10-27(29)28-11-5-7-13-30(28)32/h1-21,31,34H. The van der Waals surface area contributed by atoms with Gasteiger partial charge in [-0.3, -0.25) is 0 Å². The average molecular weight is 503 g/mol. The van der Waals surface area contributed by atoms with Crippen LogP contribution in [0.15, 0.2) is 132 Å². The first-order chi connectivity index (χ1) is 16.7. The molecule has 1 aliphatic rings. The molecule has 1 N–H and O–H groups in total. The van der Waals surface area contributed by atoms with E-state index in [1.54, 1.807) is 0 Å². The maximum Gasteiger partial charge on any atom is 0.141 e. The zero-order valence-electron chi connectivity index (χ0n) is 18.5. The summed E-state index contributed by atoms with van der Waals surface area (Å²) in [6.45, 7) is 0. The van der Waals surface area contributed by atoms with Crippen LogP contribution in [0.2, 0.25) is 0 Å². The molecule has 0 spiro atoms. The monoisotopic (exact) mass is 502 g/mol. The molecule has 0 bridgehead atoms. The lowest BCUT2D eigenvalue weighted by molar-refractivity contribution is 0.130. The lowest BCUT2D eigenvalue weighted by Crippen LogP contribution is -2.26. The molecule has 0 heterocycles. The lowest BCUT2D eigenvalue weighted by Gasteiger charge is -2.27. The smallest absolute Gasteiger partial charge is 0.141 e. The van der Waals surface area contributed by atoms with Crippen LogP contribution in [0, 0.1) is 0 Å². The second kappa shape index (κ2) is 8.39. The van der Waals surface area contributed by atoms with Gasteiger partial charge in [0.05, 0.1) is 0 Å². The van der Waals surface area contributed by atoms with E-state index in [9.17, 15) is 5.11 Å². The van der Waals surface area contributed by atoms with E-state index in [1.165, 1.54) is 16.7 Å². The Labute approximate surface area is 208 Å². The van der Waals surface area contributed by atoms with Crippen LogP contribution in [0.5, 0.6) is 0 Å². The Morgan fingerprint density at radius 3 is 1.50 bits per heavy atom. The van der Waals surface area contributed by atoms with Gasteiger partial charge in [0.2, 0.25) is 0 Å². The van der Waals surface area contributed by atoms with E-state index in [4.69, 9.17) is 0 Å². The van der Waals surface area contributed by atoms with Crippen LogP contribution in [0.3, 0.4) is 0 Å². The van der Waals surface area contributed by atoms with Crippen LogP contribution in [-0.2, 0) is 5.60 Å². The van der Waals surface area contributed by atoms with Crippen LogP contribution in [0.1, 0.15) is 39.3 Å². The number of fused-ring (bicyclic) bond motifs is 3. The van der Waals surface area contributed by atoms with E-state index in [-0.39, 0.29) is 5.92 Å². The maximum absolute atomic E-state index is 12.2. The molecule has 0 radical (unpaired) electrons. The zero-order valence-corrected chi connectivity index (χ0v) is 20.1. The molecule has 0 amide bonds. The van der Waals surface area contributed by atoms with E-state index in [0.717, 1.165) is 32.3 Å². The van der Waals surface area contributed by atoms with E-state index >= 15 is 0 Å². The summed E-state index contributed by atoms with van der Waals surface area (Å²) in [5.74, 6) is 0.112. The molecule has 2 heteroatoms. The van der Waals surface area contributed by atoms with Crippen LogP contribution in [0.4, 0.5) is 0 Å². The SMILES string of the molecule is OC1(c2ccc(C(c3ccccc3)c3ccc(Br)cc3)cc2)c2ccccc2-c2ccccc21. The fourth-order valence-electron chi connectivity index (χ4n) is 5.32. The van der Waals surface area contributed by atoms with Gasteiger partial charge in [0.25, 0.3) is 0 Å². The second-order valence-electron chi connectivity index (χ2n) is 8.82. The third kappa shape index (κ3) is 3.34. The van der Waals surface area contributed by atoms with E-state index in [0.29, 0.717) is 0 Å². The van der Waals surface area contributed by atoms with Crippen molar-refractivity contribution in [2.24, 2.45) is 0 Å². The summed E-state index contributed by atoms with van der Waals surface area (Å²) in [7, 11) is 0. The normalized spacial score (nSPS) is 14.3. The number of halogens is 1. The number of hydrogen-bond acceptors (Lipinski definition) is 1. The molecule has 6 rings (SSSR count). The molecular weight excluding hydrogens is 480 g/mol. The van der Waals surface area contributed by atoms with Crippen LogP contribution >= 0.6 is 15.9 Å². The van der Waals surface area contributed by atoms with Crippen molar-refractivity contribution >= 4 is 15.9 Å². The van der Waals surface area contributed by atoms with Gasteiger partial charge in [-0.25, -0.2) is 0 Å². The van der Waals surface area contributed by atoms with Gasteiger partial charge in [-0.15, -0.1) is 0 Å². The van der Waals surface area contributed by atoms with E-state index in [1.807, 2.05) is 36.4 Å². The topological polar surface area (TPSA) is 20.2 Å². The lowest BCUT2D eigenvalue weighted by atomic mass is 9.81. The van der Waals surface area contributed by atoms with Crippen molar-refractivity contribution in [1.29, 1.82) is 0 Å². The molecule has 0 aliphatic heterocycles. The molecule has 1 atom stereocenters. The number of benzene rings is 5. The van der Waals surface area contributed by atoms with Crippen molar-refractivity contribution in [1.82, 2.24) is 0 Å². The van der Waals surface area contributed by atoms with Crippen LogP contribution < -0.4 is 0 Å². The van der Waals surface area contributed by atoms with Crippen molar-refractivity contribution in [3.05, 3.63) is 165 Å². The van der Waals surface area contributed by atoms with Gasteiger partial charge in [0.15, 0.2) is 0 Å². The largest absolute Gasteiger partial charge is 0.376 e. The quantitative estimate of drug-likeness (QED) is 0.247. The minimum Gasteiger partial charge on any atom is -0.376 e. The van der Waals surface area contributed by atoms with Crippen molar-refractivity contribution in [3.63, 3.8) is 0 Å². The van der Waals surface area contributed by atoms with Gasteiger partial charge in [-0.1, -0.05) is 131 Å². The predicted molar refractivity (Wildman–Crippen MR) is 142 cm³/mol. The molecule has 5 aromatic rings. The summed E-state index contributed by atoms with van der Waals surface area (Å²) >= 11 is 3.56. The molecule has 1 nitrogen and oxygen atoms in total. The summed E-state index contributed by atoms with van der Waals surface area (Å²) in [6, 6.07) is 44.0. The molecule has 34 heavy (non-hydrogen) atoms. The molecular formula is C32H23BrO. The minimum atomic E-state index is -1.16. The number of aliphatic hydroxyl groups is 1. The van der Waals surface area contributed by atoms with Crippen LogP contribution in [-0.4, -0.2) is 5.11 Å². The Morgan fingerprint density at radius 2 is 0.941 bits per heavy atom. The minimum absolute atomic E-state index is 0.112. The number of hydrogen-bond donors (Lipinski definition) is 1. The van der Waals surface area contributed by atoms with Crippen LogP contribution in [0.25, 0.3) is 11.1 Å². The van der Waals surface area contributed by atoms with Crippen molar-refractivity contribution < 1.29 is 5.11 Å². The molecule has 5 aromatic carbocycles. The Hall–Kier alpha value is -3.46. The fraction of sp³-hybridized carbons (Fsp3) is 0.0625. The van der Waals surface area contributed by atoms with E-state index < -0.39 is 5.60 Å². The zero-order chi connectivity index (χ0) is 23.1. The third-order valence-corrected chi connectivity index (χ3v) is 7.45. The first-order valence-electron chi connectivity index (χ1n) is 11.5. The first-order valence-corrected chi connectivity index (χ1v) is 12.3. The van der Waals surface area contributed by atoms with Crippen molar-refractivity contribution in [2.75, 3.05) is 0 Å². The highest BCUT2D eigenvalue weighted by Crippen LogP contribution is 2.50. The highest BCUT2D eigenvalue weighted by Gasteiger charge is 2.42. The summed E-state index contributed by atoms with van der Waals surface area (Å²) in [4.78, 5) is 0. The second-order valence-corrected chi connectivity index (χ2v) is 9.73. The Bertz CT molecular complexity index is 1410. The van der Waals surface area contributed by atoms with Crippen molar-refractivity contribution in [3.8, 4) is 11.1 Å². The Balaban J connectivity index is 1.47. The highest BCUT2D eigenvalue weighted by molar-refractivity contribution is 9.10. The van der Waals surface area contributed by atoms with Gasteiger partial charge in [0.1, 0.15) is 5.60 Å². The summed E-state index contributed by atoms with van der Waals surface area (Å²) in [5, 5.41) is 12.2. The molecule has 1 unspecified atom stereocenters. The summed E-state index contributed by atoms with van der Waals surface area (Å²) in [6.07, 6.45) is 0. The maximum atomic E-state index is 12.2. The fourth-order valence-corrected chi connectivity index (χ4v) is 5.58. The molecule has 164 valence electrons. The highest BCUT2D eigenvalue weighted by atomic mass is 79.9. The van der Waals surface area contributed by atoms with Gasteiger partial charge in [-0.2, -0.15) is 0 Å². The van der Waals surface area contributed by atoms with Crippen molar-refractivity contribution in [2.45, 2.75) is 11.5 Å². The molecule has 0 saturated carbocycles. The predicted octanol–water partition coefficient (Wildman–Crippen LogP) is 7.89. The molecule has 1 aliphatic carbocycles. The number of rotatable bonds is 4. The Morgan fingerprint density at radius 1 is 0.500 bits per heavy atom. The molecule has 0 saturated heterocycles.